The zero-order valence-corrected chi connectivity index (χ0v) is 23.7. The number of hydrogen-bond donors (Lipinski definition) is 2. The average molecular weight is 540 g/mol. The van der Waals surface area contributed by atoms with Crippen molar-refractivity contribution in [2.75, 3.05) is 26.2 Å². The molecular formula is C30H41N3O4S. The Morgan fingerprint density at radius 2 is 1.87 bits per heavy atom. The van der Waals surface area contributed by atoms with E-state index in [0.29, 0.717) is 44.5 Å². The lowest BCUT2D eigenvalue weighted by atomic mass is 9.69. The van der Waals surface area contributed by atoms with Gasteiger partial charge >= 0.3 is 5.97 Å². The molecule has 2 aromatic rings. The molecule has 8 heteroatoms. The zero-order chi connectivity index (χ0) is 27.2. The van der Waals surface area contributed by atoms with Crippen LogP contribution < -0.4 is 5.32 Å². The Bertz CT molecular complexity index is 1100. The third kappa shape index (κ3) is 7.10. The van der Waals surface area contributed by atoms with Gasteiger partial charge in [0.1, 0.15) is 11.4 Å². The molecule has 1 aromatic carbocycles. The summed E-state index contributed by atoms with van der Waals surface area (Å²) in [5.74, 6) is -0.0773. The van der Waals surface area contributed by atoms with Crippen LogP contribution in [0.2, 0.25) is 0 Å². The van der Waals surface area contributed by atoms with Crippen molar-refractivity contribution >= 4 is 28.9 Å². The number of benzene rings is 1. The van der Waals surface area contributed by atoms with E-state index in [-0.39, 0.29) is 17.7 Å². The molecule has 1 amide bonds. The summed E-state index contributed by atoms with van der Waals surface area (Å²) in [6, 6.07) is 10.4. The van der Waals surface area contributed by atoms with Gasteiger partial charge in [-0.1, -0.05) is 45.0 Å². The number of rotatable bonds is 12. The van der Waals surface area contributed by atoms with Crippen LogP contribution in [0.1, 0.15) is 69.6 Å². The summed E-state index contributed by atoms with van der Waals surface area (Å²) in [6.45, 7) is 9.75. The van der Waals surface area contributed by atoms with E-state index in [4.69, 9.17) is 14.8 Å². The highest BCUT2D eigenvalue weighted by atomic mass is 32.1. The van der Waals surface area contributed by atoms with Crippen molar-refractivity contribution in [2.24, 2.45) is 16.3 Å². The molecule has 1 spiro atoms. The molecule has 0 radical (unpaired) electrons. The standard InChI is InChI=1S/C30H41N3O4S/c1-29(2,3)25-8-13-30(14-9-25)32-27(24-12-19-38-21-24)28(36)33(30)17-11-22-4-6-23(7-5-22)20-37-18-16-31-15-10-26(34)35/h4-7,12,19,21,25,31H,8-11,13-18,20H2,1-3H3,(H,34,35). The number of nitrogens with one attached hydrogen (secondary N) is 1. The van der Waals surface area contributed by atoms with Crippen molar-refractivity contribution < 1.29 is 19.4 Å². The molecule has 1 aromatic heterocycles. The fraction of sp³-hybridized carbons (Fsp3) is 0.567. The molecular weight excluding hydrogens is 498 g/mol. The molecule has 1 saturated carbocycles. The molecule has 0 atom stereocenters. The summed E-state index contributed by atoms with van der Waals surface area (Å²) in [6.07, 6.45) is 4.95. The minimum Gasteiger partial charge on any atom is -0.481 e. The van der Waals surface area contributed by atoms with E-state index in [9.17, 15) is 9.59 Å². The number of carboxylic acid groups (broad SMARTS) is 1. The van der Waals surface area contributed by atoms with Crippen molar-refractivity contribution in [2.45, 2.75) is 71.6 Å². The summed E-state index contributed by atoms with van der Waals surface area (Å²) >= 11 is 1.60. The summed E-state index contributed by atoms with van der Waals surface area (Å²) in [5, 5.41) is 15.8. The number of carbonyl (C=O) groups excluding carboxylic acids is 1. The number of amides is 1. The summed E-state index contributed by atoms with van der Waals surface area (Å²) in [7, 11) is 0. The van der Waals surface area contributed by atoms with E-state index in [1.165, 1.54) is 5.56 Å². The largest absolute Gasteiger partial charge is 0.481 e. The lowest BCUT2D eigenvalue weighted by Gasteiger charge is -2.45. The Morgan fingerprint density at radius 3 is 2.50 bits per heavy atom. The number of carbonyl (C=O) groups is 2. The number of carboxylic acids is 1. The Balaban J connectivity index is 1.33. The predicted octanol–water partition coefficient (Wildman–Crippen LogP) is 5.14. The molecule has 2 aliphatic rings. The minimum atomic E-state index is -0.800. The van der Waals surface area contributed by atoms with E-state index >= 15 is 0 Å². The van der Waals surface area contributed by atoms with Crippen molar-refractivity contribution in [3.63, 3.8) is 0 Å². The summed E-state index contributed by atoms with van der Waals surface area (Å²) in [4.78, 5) is 31.4. The van der Waals surface area contributed by atoms with Crippen LogP contribution in [-0.4, -0.2) is 59.5 Å². The van der Waals surface area contributed by atoms with Crippen LogP contribution in [0.15, 0.2) is 46.1 Å². The molecule has 206 valence electrons. The third-order valence-electron chi connectivity index (χ3n) is 7.93. The molecule has 1 aliphatic heterocycles. The maximum atomic E-state index is 13.6. The van der Waals surface area contributed by atoms with Gasteiger partial charge in [-0.25, -0.2) is 0 Å². The number of hydrogen-bond acceptors (Lipinski definition) is 6. The quantitative estimate of drug-likeness (QED) is 0.365. The van der Waals surface area contributed by atoms with Crippen LogP contribution in [0.4, 0.5) is 0 Å². The first-order valence-corrected chi connectivity index (χ1v) is 14.6. The zero-order valence-electron chi connectivity index (χ0n) is 22.9. The van der Waals surface area contributed by atoms with Gasteiger partial charge in [-0.2, -0.15) is 11.3 Å². The van der Waals surface area contributed by atoms with Gasteiger partial charge < -0.3 is 20.1 Å². The number of thiophene rings is 1. The monoisotopic (exact) mass is 539 g/mol. The van der Waals surface area contributed by atoms with Crippen LogP contribution in [0.3, 0.4) is 0 Å². The van der Waals surface area contributed by atoms with Crippen molar-refractivity contribution in [3.05, 3.63) is 57.8 Å². The first-order valence-electron chi connectivity index (χ1n) is 13.7. The van der Waals surface area contributed by atoms with Gasteiger partial charge in [-0.3, -0.25) is 14.6 Å². The SMILES string of the molecule is CC(C)(C)C1CCC2(CC1)N=C(c1ccsc1)C(=O)N2CCc1ccc(COCCNCCC(=O)O)cc1. The Morgan fingerprint density at radius 1 is 1.16 bits per heavy atom. The van der Waals surface area contributed by atoms with E-state index in [1.807, 2.05) is 16.8 Å². The molecule has 0 unspecified atom stereocenters. The molecule has 0 saturated heterocycles. The van der Waals surface area contributed by atoms with Crippen LogP contribution in [-0.2, 0) is 27.4 Å². The number of nitrogens with zero attached hydrogens (tertiary/aromatic N) is 2. The van der Waals surface area contributed by atoms with Crippen LogP contribution in [0, 0.1) is 11.3 Å². The second-order valence-electron chi connectivity index (χ2n) is 11.6. The van der Waals surface area contributed by atoms with Gasteiger partial charge in [0.25, 0.3) is 5.91 Å². The smallest absolute Gasteiger partial charge is 0.304 e. The van der Waals surface area contributed by atoms with Crippen molar-refractivity contribution in [3.8, 4) is 0 Å². The second-order valence-corrected chi connectivity index (χ2v) is 12.3. The molecule has 1 aliphatic carbocycles. The van der Waals surface area contributed by atoms with Crippen molar-refractivity contribution in [1.29, 1.82) is 0 Å². The molecule has 1 fully saturated rings. The normalized spacial score (nSPS) is 21.8. The van der Waals surface area contributed by atoms with Crippen LogP contribution in [0.5, 0.6) is 0 Å². The fourth-order valence-corrected chi connectivity index (χ4v) is 6.20. The van der Waals surface area contributed by atoms with E-state index in [0.717, 1.165) is 43.2 Å². The molecule has 4 rings (SSSR count). The molecule has 0 bridgehead atoms. The van der Waals surface area contributed by atoms with E-state index < -0.39 is 11.6 Å². The van der Waals surface area contributed by atoms with Crippen LogP contribution >= 0.6 is 11.3 Å². The van der Waals surface area contributed by atoms with Gasteiger partial charge in [0.05, 0.1) is 19.6 Å². The van der Waals surface area contributed by atoms with Gasteiger partial charge in [-0.05, 0) is 66.0 Å². The lowest BCUT2D eigenvalue weighted by molar-refractivity contribution is -0.137. The Kier molecular flexibility index (Phi) is 9.39. The predicted molar refractivity (Wildman–Crippen MR) is 152 cm³/mol. The number of aliphatic imine (C=N–C) groups is 1. The average Bonchev–Trinajstić information content (AvgIpc) is 3.50. The molecule has 7 nitrogen and oxygen atoms in total. The van der Waals surface area contributed by atoms with Crippen molar-refractivity contribution in [1.82, 2.24) is 10.2 Å². The minimum absolute atomic E-state index is 0.0691. The highest BCUT2D eigenvalue weighted by Gasteiger charge is 2.49. The van der Waals surface area contributed by atoms with E-state index in [1.54, 1.807) is 11.3 Å². The lowest BCUT2D eigenvalue weighted by Crippen LogP contribution is -2.50. The van der Waals surface area contributed by atoms with Gasteiger partial charge in [0, 0.05) is 30.6 Å². The maximum absolute atomic E-state index is 13.6. The Hall–Kier alpha value is -2.55. The first-order chi connectivity index (χ1) is 18.2. The maximum Gasteiger partial charge on any atom is 0.304 e. The molecule has 2 N–H and O–H groups in total. The fourth-order valence-electron chi connectivity index (χ4n) is 5.56. The summed E-state index contributed by atoms with van der Waals surface area (Å²) < 4.78 is 5.70. The van der Waals surface area contributed by atoms with Gasteiger partial charge in [0.15, 0.2) is 0 Å². The van der Waals surface area contributed by atoms with E-state index in [2.05, 4.69) is 55.3 Å². The first kappa shape index (κ1) is 28.5. The molecule has 2 heterocycles. The highest BCUT2D eigenvalue weighted by Crippen LogP contribution is 2.46. The number of aliphatic carboxylic acids is 1. The summed E-state index contributed by atoms with van der Waals surface area (Å²) in [5.41, 5.74) is 3.72. The highest BCUT2D eigenvalue weighted by molar-refractivity contribution is 7.08. The molecule has 38 heavy (non-hydrogen) atoms. The number of ether oxygens (including phenoxy) is 1. The topological polar surface area (TPSA) is 91.2 Å². The second kappa shape index (κ2) is 12.5. The third-order valence-corrected chi connectivity index (χ3v) is 8.61. The van der Waals surface area contributed by atoms with Gasteiger partial charge in [-0.15, -0.1) is 0 Å². The Labute approximate surface area is 230 Å². The van der Waals surface area contributed by atoms with Crippen LogP contribution in [0.25, 0.3) is 0 Å². The van der Waals surface area contributed by atoms with Gasteiger partial charge in [0.2, 0.25) is 0 Å².